The van der Waals surface area contributed by atoms with Crippen LogP contribution in [0, 0.1) is 5.41 Å². The van der Waals surface area contributed by atoms with Crippen molar-refractivity contribution in [3.05, 3.63) is 35.4 Å². The molecule has 1 unspecified atom stereocenters. The molecular formula is C14H20F3N. The van der Waals surface area contributed by atoms with Crippen LogP contribution >= 0.6 is 0 Å². The van der Waals surface area contributed by atoms with Crippen molar-refractivity contribution in [2.24, 2.45) is 5.41 Å². The molecule has 1 rings (SSSR count). The third-order valence-corrected chi connectivity index (χ3v) is 2.81. The molecule has 1 N–H and O–H groups in total. The van der Waals surface area contributed by atoms with Crippen LogP contribution in [0.2, 0.25) is 0 Å². The highest BCUT2D eigenvalue weighted by Crippen LogP contribution is 2.32. The van der Waals surface area contributed by atoms with Crippen LogP contribution in [-0.4, -0.2) is 7.05 Å². The summed E-state index contributed by atoms with van der Waals surface area (Å²) in [6.07, 6.45) is -3.40. The first kappa shape index (κ1) is 15.0. The zero-order valence-corrected chi connectivity index (χ0v) is 11.2. The SMILES string of the molecule is CNC(CC(C)(C)C)c1ccc(C(F)(F)F)cc1. The molecule has 1 nitrogen and oxygen atoms in total. The summed E-state index contributed by atoms with van der Waals surface area (Å²) in [6.45, 7) is 6.34. The minimum atomic E-state index is -4.27. The van der Waals surface area contributed by atoms with E-state index in [1.165, 1.54) is 0 Å². The molecule has 0 saturated carbocycles. The van der Waals surface area contributed by atoms with Crippen molar-refractivity contribution in [1.82, 2.24) is 5.32 Å². The fourth-order valence-electron chi connectivity index (χ4n) is 1.90. The first-order valence-corrected chi connectivity index (χ1v) is 5.98. The van der Waals surface area contributed by atoms with E-state index in [0.717, 1.165) is 24.1 Å². The number of rotatable bonds is 3. The Balaban J connectivity index is 2.89. The second-order valence-corrected chi connectivity index (χ2v) is 5.73. The van der Waals surface area contributed by atoms with E-state index in [1.54, 1.807) is 12.1 Å². The summed E-state index contributed by atoms with van der Waals surface area (Å²) in [4.78, 5) is 0. The van der Waals surface area contributed by atoms with Crippen molar-refractivity contribution in [1.29, 1.82) is 0 Å². The monoisotopic (exact) mass is 259 g/mol. The average molecular weight is 259 g/mol. The van der Waals surface area contributed by atoms with Gasteiger partial charge in [0.25, 0.3) is 0 Å². The quantitative estimate of drug-likeness (QED) is 0.848. The van der Waals surface area contributed by atoms with Crippen LogP contribution in [0.3, 0.4) is 0 Å². The topological polar surface area (TPSA) is 12.0 Å². The lowest BCUT2D eigenvalue weighted by Gasteiger charge is -2.26. The fourth-order valence-corrected chi connectivity index (χ4v) is 1.90. The molecule has 1 atom stereocenters. The van der Waals surface area contributed by atoms with Crippen LogP contribution < -0.4 is 5.32 Å². The zero-order chi connectivity index (χ0) is 14.0. The maximum absolute atomic E-state index is 12.5. The Morgan fingerprint density at radius 3 is 1.89 bits per heavy atom. The molecular weight excluding hydrogens is 239 g/mol. The molecule has 0 amide bonds. The molecule has 0 aliphatic heterocycles. The Bertz CT molecular complexity index is 374. The molecule has 1 aromatic carbocycles. The molecule has 0 aliphatic rings. The molecule has 1 aromatic rings. The highest BCUT2D eigenvalue weighted by Gasteiger charge is 2.30. The molecule has 0 saturated heterocycles. The minimum Gasteiger partial charge on any atom is -0.313 e. The largest absolute Gasteiger partial charge is 0.416 e. The highest BCUT2D eigenvalue weighted by atomic mass is 19.4. The summed E-state index contributed by atoms with van der Waals surface area (Å²) in [7, 11) is 1.83. The van der Waals surface area contributed by atoms with Gasteiger partial charge in [-0.1, -0.05) is 32.9 Å². The van der Waals surface area contributed by atoms with E-state index >= 15 is 0 Å². The average Bonchev–Trinajstić information content (AvgIpc) is 2.24. The van der Waals surface area contributed by atoms with E-state index in [-0.39, 0.29) is 11.5 Å². The van der Waals surface area contributed by atoms with Crippen LogP contribution in [-0.2, 0) is 6.18 Å². The summed E-state index contributed by atoms with van der Waals surface area (Å²) in [5, 5.41) is 3.15. The van der Waals surface area contributed by atoms with E-state index in [4.69, 9.17) is 0 Å². The smallest absolute Gasteiger partial charge is 0.313 e. The van der Waals surface area contributed by atoms with Crippen molar-refractivity contribution in [3.63, 3.8) is 0 Å². The van der Waals surface area contributed by atoms with E-state index in [1.807, 2.05) is 7.05 Å². The van der Waals surface area contributed by atoms with Gasteiger partial charge in [-0.05, 0) is 36.6 Å². The lowest BCUT2D eigenvalue weighted by molar-refractivity contribution is -0.137. The lowest BCUT2D eigenvalue weighted by atomic mass is 9.85. The van der Waals surface area contributed by atoms with E-state index in [2.05, 4.69) is 26.1 Å². The van der Waals surface area contributed by atoms with Gasteiger partial charge in [0.1, 0.15) is 0 Å². The second-order valence-electron chi connectivity index (χ2n) is 5.73. The molecule has 0 bridgehead atoms. The predicted molar refractivity (Wildman–Crippen MR) is 67.3 cm³/mol. The van der Waals surface area contributed by atoms with Crippen LogP contribution in [0.1, 0.15) is 44.4 Å². The summed E-state index contributed by atoms with van der Waals surface area (Å²) >= 11 is 0. The Morgan fingerprint density at radius 1 is 1.06 bits per heavy atom. The van der Waals surface area contributed by atoms with Crippen molar-refractivity contribution in [2.75, 3.05) is 7.05 Å². The standard InChI is InChI=1S/C14H20F3N/c1-13(2,3)9-12(18-4)10-5-7-11(8-6-10)14(15,16)17/h5-8,12,18H,9H2,1-4H3. The summed E-state index contributed by atoms with van der Waals surface area (Å²) < 4.78 is 37.4. The zero-order valence-electron chi connectivity index (χ0n) is 11.2. The molecule has 4 heteroatoms. The molecule has 18 heavy (non-hydrogen) atoms. The van der Waals surface area contributed by atoms with Gasteiger partial charge in [0.2, 0.25) is 0 Å². The predicted octanol–water partition coefficient (Wildman–Crippen LogP) is 4.40. The van der Waals surface area contributed by atoms with Crippen molar-refractivity contribution in [3.8, 4) is 0 Å². The van der Waals surface area contributed by atoms with Gasteiger partial charge in [0.15, 0.2) is 0 Å². The summed E-state index contributed by atoms with van der Waals surface area (Å²) in [5.41, 5.74) is 0.411. The number of halogens is 3. The first-order chi connectivity index (χ1) is 8.13. The van der Waals surface area contributed by atoms with Gasteiger partial charge in [0.05, 0.1) is 5.56 Å². The van der Waals surface area contributed by atoms with Crippen LogP contribution in [0.25, 0.3) is 0 Å². The molecule has 0 radical (unpaired) electrons. The van der Waals surface area contributed by atoms with Crippen LogP contribution in [0.4, 0.5) is 13.2 Å². The van der Waals surface area contributed by atoms with Gasteiger partial charge < -0.3 is 5.32 Å². The van der Waals surface area contributed by atoms with Crippen LogP contribution in [0.5, 0.6) is 0 Å². The van der Waals surface area contributed by atoms with E-state index < -0.39 is 11.7 Å². The maximum atomic E-state index is 12.5. The fraction of sp³-hybridized carbons (Fsp3) is 0.571. The minimum absolute atomic E-state index is 0.0762. The number of alkyl halides is 3. The van der Waals surface area contributed by atoms with Crippen molar-refractivity contribution in [2.45, 2.75) is 39.4 Å². The third-order valence-electron chi connectivity index (χ3n) is 2.81. The lowest BCUT2D eigenvalue weighted by Crippen LogP contribution is -2.22. The Kier molecular flexibility index (Phi) is 4.43. The first-order valence-electron chi connectivity index (χ1n) is 5.98. The maximum Gasteiger partial charge on any atom is 0.416 e. The van der Waals surface area contributed by atoms with Gasteiger partial charge in [-0.3, -0.25) is 0 Å². The van der Waals surface area contributed by atoms with Gasteiger partial charge >= 0.3 is 6.18 Å². The number of benzene rings is 1. The normalized spacial score (nSPS) is 14.6. The summed E-state index contributed by atoms with van der Waals surface area (Å²) in [6, 6.07) is 5.46. The number of hydrogen-bond acceptors (Lipinski definition) is 1. The van der Waals surface area contributed by atoms with Gasteiger partial charge in [-0.25, -0.2) is 0 Å². The van der Waals surface area contributed by atoms with Gasteiger partial charge in [-0.15, -0.1) is 0 Å². The molecule has 102 valence electrons. The van der Waals surface area contributed by atoms with Crippen LogP contribution in [0.15, 0.2) is 24.3 Å². The molecule has 0 heterocycles. The molecule has 0 aromatic heterocycles. The Hall–Kier alpha value is -1.03. The Labute approximate surface area is 106 Å². The van der Waals surface area contributed by atoms with Crippen molar-refractivity contribution < 1.29 is 13.2 Å². The highest BCUT2D eigenvalue weighted by molar-refractivity contribution is 5.27. The Morgan fingerprint density at radius 2 is 1.56 bits per heavy atom. The van der Waals surface area contributed by atoms with E-state index in [0.29, 0.717) is 0 Å². The van der Waals surface area contributed by atoms with Gasteiger partial charge in [-0.2, -0.15) is 13.2 Å². The van der Waals surface area contributed by atoms with Crippen molar-refractivity contribution >= 4 is 0 Å². The third kappa shape index (κ3) is 4.33. The summed E-state index contributed by atoms with van der Waals surface area (Å²) in [5.74, 6) is 0. The number of hydrogen-bond donors (Lipinski definition) is 1. The van der Waals surface area contributed by atoms with E-state index in [9.17, 15) is 13.2 Å². The molecule has 0 aliphatic carbocycles. The second kappa shape index (κ2) is 5.31. The molecule has 0 spiro atoms. The number of nitrogens with one attached hydrogen (secondary N) is 1. The molecule has 0 fully saturated rings. The van der Waals surface area contributed by atoms with Gasteiger partial charge in [0, 0.05) is 6.04 Å².